The maximum atomic E-state index is 12.1. The molecule has 1 aliphatic rings. The molecule has 5 nitrogen and oxygen atoms in total. The molecule has 0 amide bonds. The van der Waals surface area contributed by atoms with E-state index in [0.717, 1.165) is 24.4 Å². The highest BCUT2D eigenvalue weighted by atomic mass is 16.5. The summed E-state index contributed by atoms with van der Waals surface area (Å²) in [5, 5.41) is 0. The van der Waals surface area contributed by atoms with E-state index in [4.69, 9.17) is 9.15 Å². The Kier molecular flexibility index (Phi) is 3.69. The number of fused-ring (bicyclic) bond motifs is 1. The first kappa shape index (κ1) is 14.8. The molecule has 0 N–H and O–H groups in total. The summed E-state index contributed by atoms with van der Waals surface area (Å²) in [4.78, 5) is 16.7. The Morgan fingerprint density at radius 3 is 2.79 bits per heavy atom. The third kappa shape index (κ3) is 2.62. The SMILES string of the molecule is Cc1occc1C(=O)Oc1ccc(-c2ncc3n2CCCC3)cc1. The average molecular weight is 322 g/mol. The summed E-state index contributed by atoms with van der Waals surface area (Å²) in [5.74, 6) is 1.64. The monoisotopic (exact) mass is 322 g/mol. The maximum absolute atomic E-state index is 12.1. The Labute approximate surface area is 139 Å². The third-order valence-corrected chi connectivity index (χ3v) is 4.40. The molecule has 0 spiro atoms. The molecule has 0 unspecified atom stereocenters. The van der Waals surface area contributed by atoms with Gasteiger partial charge >= 0.3 is 5.97 Å². The lowest BCUT2D eigenvalue weighted by Crippen LogP contribution is -2.11. The number of rotatable bonds is 3. The summed E-state index contributed by atoms with van der Waals surface area (Å²) in [6, 6.07) is 9.09. The Balaban J connectivity index is 1.54. The number of furan rings is 1. The molecule has 1 aromatic carbocycles. The van der Waals surface area contributed by atoms with Crippen LogP contribution in [0.25, 0.3) is 11.4 Å². The lowest BCUT2D eigenvalue weighted by molar-refractivity contribution is 0.0733. The van der Waals surface area contributed by atoms with Gasteiger partial charge in [0.1, 0.15) is 22.9 Å². The highest BCUT2D eigenvalue weighted by Gasteiger charge is 2.16. The maximum Gasteiger partial charge on any atom is 0.347 e. The summed E-state index contributed by atoms with van der Waals surface area (Å²) < 4.78 is 12.8. The number of benzene rings is 1. The van der Waals surface area contributed by atoms with Gasteiger partial charge in [-0.15, -0.1) is 0 Å². The molecule has 0 fully saturated rings. The minimum Gasteiger partial charge on any atom is -0.469 e. The first-order valence-corrected chi connectivity index (χ1v) is 8.13. The van der Waals surface area contributed by atoms with Gasteiger partial charge in [-0.1, -0.05) is 0 Å². The highest BCUT2D eigenvalue weighted by Crippen LogP contribution is 2.26. The fourth-order valence-electron chi connectivity index (χ4n) is 3.10. The van der Waals surface area contributed by atoms with Crippen molar-refractivity contribution in [1.82, 2.24) is 9.55 Å². The number of ether oxygens (including phenoxy) is 1. The van der Waals surface area contributed by atoms with Crippen LogP contribution in [0.5, 0.6) is 5.75 Å². The highest BCUT2D eigenvalue weighted by molar-refractivity contribution is 5.92. The van der Waals surface area contributed by atoms with E-state index < -0.39 is 5.97 Å². The Morgan fingerprint density at radius 2 is 2.04 bits per heavy atom. The molecule has 4 rings (SSSR count). The third-order valence-electron chi connectivity index (χ3n) is 4.40. The summed E-state index contributed by atoms with van der Waals surface area (Å²) >= 11 is 0. The van der Waals surface area contributed by atoms with E-state index in [2.05, 4.69) is 9.55 Å². The van der Waals surface area contributed by atoms with Crippen molar-refractivity contribution >= 4 is 5.97 Å². The predicted octanol–water partition coefficient (Wildman–Crippen LogP) is 4.01. The quantitative estimate of drug-likeness (QED) is 0.540. The Bertz CT molecular complexity index is 874. The van der Waals surface area contributed by atoms with Crippen LogP contribution in [0.15, 0.2) is 47.2 Å². The lowest BCUT2D eigenvalue weighted by atomic mass is 10.1. The van der Waals surface area contributed by atoms with E-state index in [0.29, 0.717) is 17.1 Å². The molecular formula is C19H18N2O3. The first-order chi connectivity index (χ1) is 11.7. The van der Waals surface area contributed by atoms with Crippen molar-refractivity contribution in [2.75, 3.05) is 0 Å². The second-order valence-electron chi connectivity index (χ2n) is 5.99. The van der Waals surface area contributed by atoms with Gasteiger partial charge in [0.15, 0.2) is 0 Å². The normalized spacial score (nSPS) is 13.5. The molecule has 3 aromatic rings. The van der Waals surface area contributed by atoms with Crippen LogP contribution in [0.3, 0.4) is 0 Å². The fourth-order valence-corrected chi connectivity index (χ4v) is 3.10. The number of carbonyl (C=O) groups is 1. The molecular weight excluding hydrogens is 304 g/mol. The summed E-state index contributed by atoms with van der Waals surface area (Å²) in [6.07, 6.45) is 6.96. The molecule has 0 radical (unpaired) electrons. The second kappa shape index (κ2) is 6.00. The summed E-state index contributed by atoms with van der Waals surface area (Å²) in [7, 11) is 0. The van der Waals surface area contributed by atoms with E-state index in [1.165, 1.54) is 24.8 Å². The molecule has 5 heteroatoms. The number of aryl methyl sites for hydroxylation is 2. The van der Waals surface area contributed by atoms with Crippen molar-refractivity contribution in [2.45, 2.75) is 32.7 Å². The molecule has 2 aromatic heterocycles. The van der Waals surface area contributed by atoms with Gasteiger partial charge in [-0.3, -0.25) is 0 Å². The van der Waals surface area contributed by atoms with Gasteiger partial charge in [-0.25, -0.2) is 9.78 Å². The molecule has 0 atom stereocenters. The molecule has 0 aliphatic carbocycles. The molecule has 0 bridgehead atoms. The van der Waals surface area contributed by atoms with Gasteiger partial charge < -0.3 is 13.7 Å². The topological polar surface area (TPSA) is 57.3 Å². The second-order valence-corrected chi connectivity index (χ2v) is 5.99. The number of nitrogens with zero attached hydrogens (tertiary/aromatic N) is 2. The van der Waals surface area contributed by atoms with Gasteiger partial charge in [0.25, 0.3) is 0 Å². The molecule has 0 saturated carbocycles. The lowest BCUT2D eigenvalue weighted by Gasteiger charge is -2.16. The summed E-state index contributed by atoms with van der Waals surface area (Å²) in [6.45, 7) is 2.75. The number of hydrogen-bond acceptors (Lipinski definition) is 4. The van der Waals surface area contributed by atoms with E-state index in [1.807, 2.05) is 18.3 Å². The summed E-state index contributed by atoms with van der Waals surface area (Å²) in [5.41, 5.74) is 2.77. The van der Waals surface area contributed by atoms with Crippen LogP contribution in [0.4, 0.5) is 0 Å². The van der Waals surface area contributed by atoms with Crippen LogP contribution >= 0.6 is 0 Å². The zero-order chi connectivity index (χ0) is 16.5. The fraction of sp³-hybridized carbons (Fsp3) is 0.263. The Hall–Kier alpha value is -2.82. The number of hydrogen-bond donors (Lipinski definition) is 0. The molecule has 24 heavy (non-hydrogen) atoms. The standard InChI is InChI=1S/C19H18N2O3/c1-13-17(9-11-23-13)19(22)24-16-7-5-14(6-8-16)18-20-12-15-4-2-3-10-21(15)18/h5-9,11-12H,2-4,10H2,1H3. The van der Waals surface area contributed by atoms with Crippen LogP contribution in [0.2, 0.25) is 0 Å². The molecule has 122 valence electrons. The molecule has 1 aliphatic heterocycles. The van der Waals surface area contributed by atoms with E-state index in [-0.39, 0.29) is 0 Å². The van der Waals surface area contributed by atoms with Gasteiger partial charge in [0.05, 0.1) is 6.26 Å². The molecule has 0 saturated heterocycles. The van der Waals surface area contributed by atoms with Crippen molar-refractivity contribution in [3.63, 3.8) is 0 Å². The average Bonchev–Trinajstić information content (AvgIpc) is 3.22. The molecule has 3 heterocycles. The van der Waals surface area contributed by atoms with Crippen LogP contribution in [-0.2, 0) is 13.0 Å². The first-order valence-electron chi connectivity index (χ1n) is 8.13. The largest absolute Gasteiger partial charge is 0.469 e. The van der Waals surface area contributed by atoms with Crippen molar-refractivity contribution in [3.05, 3.63) is 59.8 Å². The smallest absolute Gasteiger partial charge is 0.347 e. The van der Waals surface area contributed by atoms with Gasteiger partial charge in [0, 0.05) is 24.0 Å². The minimum atomic E-state index is -0.410. The Morgan fingerprint density at radius 1 is 1.21 bits per heavy atom. The predicted molar refractivity (Wildman–Crippen MR) is 89.0 cm³/mol. The van der Waals surface area contributed by atoms with Crippen LogP contribution in [0.1, 0.15) is 34.7 Å². The van der Waals surface area contributed by atoms with Crippen molar-refractivity contribution in [3.8, 4) is 17.1 Å². The number of esters is 1. The van der Waals surface area contributed by atoms with E-state index in [1.54, 1.807) is 25.1 Å². The number of aromatic nitrogens is 2. The minimum absolute atomic E-state index is 0.410. The van der Waals surface area contributed by atoms with Gasteiger partial charge in [-0.05, 0) is 56.5 Å². The zero-order valence-corrected chi connectivity index (χ0v) is 13.5. The zero-order valence-electron chi connectivity index (χ0n) is 13.5. The van der Waals surface area contributed by atoms with E-state index >= 15 is 0 Å². The van der Waals surface area contributed by atoms with Crippen molar-refractivity contribution in [2.24, 2.45) is 0 Å². The van der Waals surface area contributed by atoms with Crippen LogP contribution < -0.4 is 4.74 Å². The van der Waals surface area contributed by atoms with Crippen LogP contribution in [-0.4, -0.2) is 15.5 Å². The van der Waals surface area contributed by atoms with Crippen molar-refractivity contribution in [1.29, 1.82) is 0 Å². The van der Waals surface area contributed by atoms with E-state index in [9.17, 15) is 4.79 Å². The number of imidazole rings is 1. The van der Waals surface area contributed by atoms with Gasteiger partial charge in [0.2, 0.25) is 0 Å². The van der Waals surface area contributed by atoms with Crippen LogP contribution in [0, 0.1) is 6.92 Å². The number of carbonyl (C=O) groups excluding carboxylic acids is 1. The van der Waals surface area contributed by atoms with Gasteiger partial charge in [-0.2, -0.15) is 0 Å². The van der Waals surface area contributed by atoms with Crippen molar-refractivity contribution < 1.29 is 13.9 Å².